The van der Waals surface area contributed by atoms with Crippen LogP contribution in [0.25, 0.3) is 0 Å². The number of nitrogens with one attached hydrogen (secondary N) is 2. The molecule has 2 aliphatic rings. The Labute approximate surface area is 172 Å². The van der Waals surface area contributed by atoms with Crippen molar-refractivity contribution in [2.24, 2.45) is 5.92 Å². The fraction of sp³-hybridized carbons (Fsp3) is 0.500. The predicted octanol–water partition coefficient (Wildman–Crippen LogP) is 4.25. The number of rotatable bonds is 9. The van der Waals surface area contributed by atoms with E-state index in [-0.39, 0.29) is 5.82 Å². The molecular formula is C24H31FN2O2. The van der Waals surface area contributed by atoms with E-state index in [0.717, 1.165) is 48.8 Å². The van der Waals surface area contributed by atoms with Crippen molar-refractivity contribution in [3.05, 3.63) is 59.4 Å². The van der Waals surface area contributed by atoms with Gasteiger partial charge in [0.25, 0.3) is 0 Å². The summed E-state index contributed by atoms with van der Waals surface area (Å²) >= 11 is 0. The van der Waals surface area contributed by atoms with Crippen LogP contribution in [0.1, 0.15) is 42.7 Å². The second-order valence-electron chi connectivity index (χ2n) is 8.18. The second-order valence-corrected chi connectivity index (χ2v) is 8.18. The SMILES string of the molecule is COc1cccc(COc2c(F)cccc2[C@@H]2C[C@H]2NCCC2CCNCC2)c1. The Morgan fingerprint density at radius 1 is 1.14 bits per heavy atom. The van der Waals surface area contributed by atoms with Crippen molar-refractivity contribution in [1.82, 2.24) is 10.6 Å². The number of ether oxygens (including phenoxy) is 2. The summed E-state index contributed by atoms with van der Waals surface area (Å²) in [6.45, 7) is 3.66. The van der Waals surface area contributed by atoms with Gasteiger partial charge in [-0.2, -0.15) is 0 Å². The van der Waals surface area contributed by atoms with Crippen LogP contribution in [0.3, 0.4) is 0 Å². The Bertz CT molecular complexity index is 807. The fourth-order valence-electron chi connectivity index (χ4n) is 4.30. The summed E-state index contributed by atoms with van der Waals surface area (Å²) in [5, 5.41) is 7.09. The average molecular weight is 399 g/mol. The minimum atomic E-state index is -0.286. The molecule has 1 heterocycles. The Hall–Kier alpha value is -2.11. The molecule has 4 nitrogen and oxygen atoms in total. The lowest BCUT2D eigenvalue weighted by Crippen LogP contribution is -2.30. The molecule has 0 radical (unpaired) electrons. The Balaban J connectivity index is 1.33. The van der Waals surface area contributed by atoms with E-state index in [4.69, 9.17) is 9.47 Å². The largest absolute Gasteiger partial charge is 0.497 e. The van der Waals surface area contributed by atoms with Crippen LogP contribution in [0.5, 0.6) is 11.5 Å². The zero-order valence-electron chi connectivity index (χ0n) is 17.1. The molecule has 5 heteroatoms. The molecule has 2 fully saturated rings. The van der Waals surface area contributed by atoms with E-state index in [1.54, 1.807) is 13.2 Å². The molecule has 1 aliphatic heterocycles. The molecule has 0 amide bonds. The van der Waals surface area contributed by atoms with Crippen LogP contribution in [-0.2, 0) is 6.61 Å². The van der Waals surface area contributed by atoms with Crippen molar-refractivity contribution in [3.8, 4) is 11.5 Å². The molecule has 1 saturated heterocycles. The fourth-order valence-corrected chi connectivity index (χ4v) is 4.30. The zero-order valence-corrected chi connectivity index (χ0v) is 17.1. The maximum Gasteiger partial charge on any atom is 0.165 e. The van der Waals surface area contributed by atoms with Gasteiger partial charge in [-0.15, -0.1) is 0 Å². The van der Waals surface area contributed by atoms with Crippen LogP contribution in [0.15, 0.2) is 42.5 Å². The van der Waals surface area contributed by atoms with E-state index in [1.807, 2.05) is 30.3 Å². The van der Waals surface area contributed by atoms with Crippen molar-refractivity contribution in [2.75, 3.05) is 26.7 Å². The molecule has 156 valence electrons. The third-order valence-electron chi connectivity index (χ3n) is 6.12. The van der Waals surface area contributed by atoms with E-state index in [1.165, 1.54) is 25.3 Å². The minimum absolute atomic E-state index is 0.286. The van der Waals surface area contributed by atoms with Crippen molar-refractivity contribution in [1.29, 1.82) is 0 Å². The van der Waals surface area contributed by atoms with Gasteiger partial charge in [0.15, 0.2) is 11.6 Å². The molecule has 1 aliphatic carbocycles. The molecule has 0 spiro atoms. The Morgan fingerprint density at radius 3 is 2.79 bits per heavy atom. The molecule has 2 aromatic rings. The van der Waals surface area contributed by atoms with Crippen LogP contribution in [0.2, 0.25) is 0 Å². The summed E-state index contributed by atoms with van der Waals surface area (Å²) in [5.74, 6) is 2.05. The monoisotopic (exact) mass is 398 g/mol. The quantitative estimate of drug-likeness (QED) is 0.663. The molecule has 0 unspecified atom stereocenters. The Kier molecular flexibility index (Phi) is 6.67. The number of piperidine rings is 1. The standard InChI is InChI=1S/C24H31FN2O2/c1-28-19-5-2-4-18(14-19)16-29-24-20(6-3-7-22(24)25)21-15-23(21)27-13-10-17-8-11-26-12-9-17/h2-7,14,17,21,23,26-27H,8-13,15-16H2,1H3/t21-,23+/m0/s1. The van der Waals surface area contributed by atoms with Gasteiger partial charge in [-0.05, 0) is 75.0 Å². The molecule has 0 bridgehead atoms. The van der Waals surface area contributed by atoms with Crippen molar-refractivity contribution >= 4 is 0 Å². The normalized spacial score (nSPS) is 21.7. The van der Waals surface area contributed by atoms with Gasteiger partial charge < -0.3 is 20.1 Å². The topological polar surface area (TPSA) is 42.5 Å². The van der Waals surface area contributed by atoms with Crippen LogP contribution < -0.4 is 20.1 Å². The first-order valence-electron chi connectivity index (χ1n) is 10.7. The predicted molar refractivity (Wildman–Crippen MR) is 113 cm³/mol. The summed E-state index contributed by atoms with van der Waals surface area (Å²) in [6.07, 6.45) is 4.84. The van der Waals surface area contributed by atoms with Crippen LogP contribution >= 0.6 is 0 Å². The lowest BCUT2D eigenvalue weighted by atomic mass is 9.95. The highest BCUT2D eigenvalue weighted by molar-refractivity contribution is 5.42. The van der Waals surface area contributed by atoms with Gasteiger partial charge in [0, 0.05) is 17.5 Å². The molecule has 4 rings (SSSR count). The van der Waals surface area contributed by atoms with Crippen LogP contribution in [-0.4, -0.2) is 32.8 Å². The smallest absolute Gasteiger partial charge is 0.165 e. The van der Waals surface area contributed by atoms with Crippen molar-refractivity contribution in [3.63, 3.8) is 0 Å². The summed E-state index contributed by atoms with van der Waals surface area (Å²) in [7, 11) is 1.64. The summed E-state index contributed by atoms with van der Waals surface area (Å²) in [4.78, 5) is 0. The number of para-hydroxylation sites is 1. The van der Waals surface area contributed by atoms with Crippen molar-refractivity contribution in [2.45, 2.75) is 44.2 Å². The summed E-state index contributed by atoms with van der Waals surface area (Å²) < 4.78 is 25.7. The molecule has 2 atom stereocenters. The molecule has 2 aromatic carbocycles. The molecule has 2 N–H and O–H groups in total. The molecule has 29 heavy (non-hydrogen) atoms. The maximum atomic E-state index is 14.5. The van der Waals surface area contributed by atoms with Gasteiger partial charge in [-0.1, -0.05) is 24.3 Å². The van der Waals surface area contributed by atoms with Gasteiger partial charge in [0.1, 0.15) is 12.4 Å². The third kappa shape index (κ3) is 5.28. The number of hydrogen-bond acceptors (Lipinski definition) is 4. The van der Waals surface area contributed by atoms with Gasteiger partial charge in [0.05, 0.1) is 7.11 Å². The average Bonchev–Trinajstić information content (AvgIpc) is 3.53. The van der Waals surface area contributed by atoms with E-state index < -0.39 is 0 Å². The lowest BCUT2D eigenvalue weighted by molar-refractivity contribution is 0.286. The van der Waals surface area contributed by atoms with E-state index in [9.17, 15) is 4.39 Å². The summed E-state index contributed by atoms with van der Waals surface area (Å²) in [5.41, 5.74) is 1.94. The third-order valence-corrected chi connectivity index (χ3v) is 6.12. The highest BCUT2D eigenvalue weighted by atomic mass is 19.1. The molecule has 0 aromatic heterocycles. The molecule has 1 saturated carbocycles. The maximum absolute atomic E-state index is 14.5. The van der Waals surface area contributed by atoms with E-state index in [2.05, 4.69) is 10.6 Å². The van der Waals surface area contributed by atoms with Crippen LogP contribution in [0, 0.1) is 11.7 Å². The highest BCUT2D eigenvalue weighted by Gasteiger charge is 2.40. The van der Waals surface area contributed by atoms with Gasteiger partial charge >= 0.3 is 0 Å². The number of hydrogen-bond donors (Lipinski definition) is 2. The van der Waals surface area contributed by atoms with Crippen LogP contribution in [0.4, 0.5) is 4.39 Å². The van der Waals surface area contributed by atoms with Gasteiger partial charge in [-0.25, -0.2) is 4.39 Å². The van der Waals surface area contributed by atoms with E-state index in [0.29, 0.717) is 24.3 Å². The van der Waals surface area contributed by atoms with Gasteiger partial charge in [-0.3, -0.25) is 0 Å². The zero-order chi connectivity index (χ0) is 20.1. The first kappa shape index (κ1) is 20.2. The van der Waals surface area contributed by atoms with E-state index >= 15 is 0 Å². The first-order chi connectivity index (χ1) is 14.2. The Morgan fingerprint density at radius 2 is 1.97 bits per heavy atom. The number of benzene rings is 2. The number of methoxy groups -OCH3 is 1. The lowest BCUT2D eigenvalue weighted by Gasteiger charge is -2.22. The van der Waals surface area contributed by atoms with Gasteiger partial charge in [0.2, 0.25) is 0 Å². The second kappa shape index (κ2) is 9.59. The minimum Gasteiger partial charge on any atom is -0.497 e. The first-order valence-corrected chi connectivity index (χ1v) is 10.7. The summed E-state index contributed by atoms with van der Waals surface area (Å²) in [6, 6.07) is 13.4. The van der Waals surface area contributed by atoms with Crippen molar-refractivity contribution < 1.29 is 13.9 Å². The number of halogens is 1. The highest BCUT2D eigenvalue weighted by Crippen LogP contribution is 2.45. The molecular weight excluding hydrogens is 367 g/mol.